The van der Waals surface area contributed by atoms with Gasteiger partial charge in [-0.05, 0) is 23.8 Å². The lowest BCUT2D eigenvalue weighted by Crippen LogP contribution is -2.28. The lowest BCUT2D eigenvalue weighted by atomic mass is 10.2. The van der Waals surface area contributed by atoms with E-state index in [4.69, 9.17) is 9.47 Å². The summed E-state index contributed by atoms with van der Waals surface area (Å²) < 4.78 is 9.87. The van der Waals surface area contributed by atoms with Gasteiger partial charge in [-0.3, -0.25) is 5.32 Å². The third kappa shape index (κ3) is 4.92. The fourth-order valence-electron chi connectivity index (χ4n) is 2.44. The minimum absolute atomic E-state index is 0.0571. The number of ether oxygens (including phenoxy) is 2. The third-order valence-electron chi connectivity index (χ3n) is 3.77. The molecule has 3 rings (SSSR count). The van der Waals surface area contributed by atoms with Crippen molar-refractivity contribution in [1.82, 2.24) is 10.3 Å². The Kier molecular flexibility index (Phi) is 5.79. The summed E-state index contributed by atoms with van der Waals surface area (Å²) >= 11 is 0. The van der Waals surface area contributed by atoms with Crippen molar-refractivity contribution in [2.75, 3.05) is 7.11 Å². The first-order chi connectivity index (χ1) is 13.2. The number of hydrogen-bond acceptors (Lipinski definition) is 5. The second-order valence-electron chi connectivity index (χ2n) is 5.67. The fourth-order valence-corrected chi connectivity index (χ4v) is 2.44. The van der Waals surface area contributed by atoms with Crippen LogP contribution in [0.5, 0.6) is 0 Å². The zero-order chi connectivity index (χ0) is 19.1. The second kappa shape index (κ2) is 8.62. The van der Waals surface area contributed by atoms with Crippen LogP contribution in [0, 0.1) is 0 Å². The highest BCUT2D eigenvalue weighted by molar-refractivity contribution is 5.96. The summed E-state index contributed by atoms with van der Waals surface area (Å²) in [6, 6.07) is 20.5. The van der Waals surface area contributed by atoms with Crippen molar-refractivity contribution in [3.8, 4) is 0 Å². The molecule has 0 saturated heterocycles. The molecule has 0 bridgehead atoms. The number of amides is 1. The van der Waals surface area contributed by atoms with E-state index in [1.165, 1.54) is 13.2 Å². The molecule has 1 heterocycles. The van der Waals surface area contributed by atoms with Gasteiger partial charge in [0, 0.05) is 5.39 Å². The predicted octanol–water partition coefficient (Wildman–Crippen LogP) is 3.68. The molecular formula is C21H18N2O4. The average molecular weight is 362 g/mol. The molecule has 6 heteroatoms. The van der Waals surface area contributed by atoms with Gasteiger partial charge in [0.05, 0.1) is 18.3 Å². The number of nitrogens with zero attached hydrogens (tertiary/aromatic N) is 1. The zero-order valence-corrected chi connectivity index (χ0v) is 14.7. The first-order valence-corrected chi connectivity index (χ1v) is 8.29. The molecule has 2 aromatic carbocycles. The first kappa shape index (κ1) is 18.1. The summed E-state index contributed by atoms with van der Waals surface area (Å²) in [7, 11) is 1.24. The van der Waals surface area contributed by atoms with Crippen molar-refractivity contribution in [2.24, 2.45) is 0 Å². The highest BCUT2D eigenvalue weighted by Gasteiger charge is 2.15. The van der Waals surface area contributed by atoms with Crippen LogP contribution in [-0.2, 0) is 20.9 Å². The first-order valence-electron chi connectivity index (χ1n) is 8.29. The smallest absolute Gasteiger partial charge is 0.412 e. The number of alkyl carbamates (subject to hydrolysis) is 1. The number of benzene rings is 2. The number of carbonyl (C=O) groups is 2. The molecule has 0 aliphatic rings. The zero-order valence-electron chi connectivity index (χ0n) is 14.7. The summed E-state index contributed by atoms with van der Waals surface area (Å²) in [4.78, 5) is 28.5. The largest absolute Gasteiger partial charge is 0.464 e. The minimum Gasteiger partial charge on any atom is -0.464 e. The van der Waals surface area contributed by atoms with E-state index in [-0.39, 0.29) is 12.3 Å². The van der Waals surface area contributed by atoms with E-state index in [1.807, 2.05) is 60.7 Å². The number of carbonyl (C=O) groups excluding carboxylic acids is 2. The third-order valence-corrected chi connectivity index (χ3v) is 3.77. The molecule has 0 aliphatic heterocycles. The van der Waals surface area contributed by atoms with Crippen molar-refractivity contribution < 1.29 is 19.1 Å². The number of para-hydroxylation sites is 1. The van der Waals surface area contributed by atoms with Gasteiger partial charge in [-0.1, -0.05) is 54.6 Å². The van der Waals surface area contributed by atoms with Crippen molar-refractivity contribution >= 4 is 29.0 Å². The lowest BCUT2D eigenvalue weighted by molar-refractivity contribution is -0.136. The monoisotopic (exact) mass is 362 g/mol. The van der Waals surface area contributed by atoms with Crippen LogP contribution < -0.4 is 5.32 Å². The molecule has 136 valence electrons. The van der Waals surface area contributed by atoms with Gasteiger partial charge >= 0.3 is 12.1 Å². The van der Waals surface area contributed by atoms with E-state index in [1.54, 1.807) is 6.07 Å². The van der Waals surface area contributed by atoms with Gasteiger partial charge in [-0.2, -0.15) is 0 Å². The molecule has 3 aromatic rings. The molecule has 0 atom stereocenters. The van der Waals surface area contributed by atoms with Gasteiger partial charge in [0.25, 0.3) is 0 Å². The van der Waals surface area contributed by atoms with E-state index < -0.39 is 12.1 Å². The Labute approximate surface area is 156 Å². The molecule has 0 unspecified atom stereocenters. The Balaban J connectivity index is 1.75. The molecule has 1 N–H and O–H groups in total. The summed E-state index contributed by atoms with van der Waals surface area (Å²) in [6.07, 6.45) is 0.693. The van der Waals surface area contributed by atoms with Crippen LogP contribution in [0.15, 0.2) is 72.4 Å². The van der Waals surface area contributed by atoms with Gasteiger partial charge in [0.1, 0.15) is 12.3 Å². The van der Waals surface area contributed by atoms with Crippen molar-refractivity contribution in [1.29, 1.82) is 0 Å². The number of aromatic nitrogens is 1. The van der Waals surface area contributed by atoms with Crippen molar-refractivity contribution in [2.45, 2.75) is 6.61 Å². The molecule has 0 saturated carbocycles. The maximum atomic E-state index is 12.0. The molecule has 6 nitrogen and oxygen atoms in total. The Morgan fingerprint density at radius 1 is 1.00 bits per heavy atom. The van der Waals surface area contributed by atoms with Crippen molar-refractivity contribution in [3.63, 3.8) is 0 Å². The van der Waals surface area contributed by atoms with Crippen LogP contribution in [-0.4, -0.2) is 24.2 Å². The van der Waals surface area contributed by atoms with Crippen LogP contribution in [0.25, 0.3) is 17.0 Å². The van der Waals surface area contributed by atoms with E-state index in [2.05, 4.69) is 10.3 Å². The Morgan fingerprint density at radius 3 is 2.52 bits per heavy atom. The summed E-state index contributed by atoms with van der Waals surface area (Å²) in [5, 5.41) is 3.40. The average Bonchev–Trinajstić information content (AvgIpc) is 2.72. The number of rotatable bonds is 5. The molecular weight excluding hydrogens is 344 g/mol. The van der Waals surface area contributed by atoms with Crippen LogP contribution >= 0.6 is 0 Å². The second-order valence-corrected chi connectivity index (χ2v) is 5.67. The summed E-state index contributed by atoms with van der Waals surface area (Å²) in [5.74, 6) is -0.693. The van der Waals surface area contributed by atoms with E-state index in [0.29, 0.717) is 5.69 Å². The van der Waals surface area contributed by atoms with Gasteiger partial charge in [0.2, 0.25) is 0 Å². The van der Waals surface area contributed by atoms with E-state index >= 15 is 0 Å². The topological polar surface area (TPSA) is 77.5 Å². The molecule has 1 aromatic heterocycles. The number of pyridine rings is 1. The summed E-state index contributed by atoms with van der Waals surface area (Å²) in [5.41, 5.74) is 2.07. The molecule has 0 aliphatic carbocycles. The van der Waals surface area contributed by atoms with Crippen LogP contribution in [0.2, 0.25) is 0 Å². The van der Waals surface area contributed by atoms with E-state index in [9.17, 15) is 9.59 Å². The Bertz CT molecular complexity index is 984. The van der Waals surface area contributed by atoms with Crippen LogP contribution in [0.4, 0.5) is 4.79 Å². The van der Waals surface area contributed by atoms with Gasteiger partial charge in [-0.15, -0.1) is 0 Å². The minimum atomic E-state index is -0.753. The fraction of sp³-hybridized carbons (Fsp3) is 0.0952. The SMILES string of the molecule is COC(=O)/C(=C/c1ccc2ccccc2n1)NC(=O)OCc1ccccc1. The normalized spacial score (nSPS) is 11.1. The highest BCUT2D eigenvalue weighted by atomic mass is 16.6. The Morgan fingerprint density at radius 2 is 1.74 bits per heavy atom. The van der Waals surface area contributed by atoms with Gasteiger partial charge in [0.15, 0.2) is 0 Å². The van der Waals surface area contributed by atoms with Crippen LogP contribution in [0.1, 0.15) is 11.3 Å². The number of hydrogen-bond donors (Lipinski definition) is 1. The number of fused-ring (bicyclic) bond motifs is 1. The van der Waals surface area contributed by atoms with Crippen molar-refractivity contribution in [3.05, 3.63) is 83.7 Å². The predicted molar refractivity (Wildman–Crippen MR) is 101 cm³/mol. The van der Waals surface area contributed by atoms with Gasteiger partial charge in [-0.25, -0.2) is 14.6 Å². The number of esters is 1. The van der Waals surface area contributed by atoms with Crippen LogP contribution in [0.3, 0.4) is 0 Å². The van der Waals surface area contributed by atoms with E-state index in [0.717, 1.165) is 16.5 Å². The summed E-state index contributed by atoms with van der Waals surface area (Å²) in [6.45, 7) is 0.0926. The molecule has 1 amide bonds. The quantitative estimate of drug-likeness (QED) is 0.553. The maximum Gasteiger partial charge on any atom is 0.412 e. The standard InChI is InChI=1S/C21H18N2O4/c1-26-20(24)19(23-21(25)27-14-15-7-3-2-4-8-15)13-17-12-11-16-9-5-6-10-18(16)22-17/h2-13H,14H2,1H3,(H,23,25)/b19-13-. The highest BCUT2D eigenvalue weighted by Crippen LogP contribution is 2.14. The maximum absolute atomic E-state index is 12.0. The molecule has 0 radical (unpaired) electrons. The molecule has 0 fully saturated rings. The lowest BCUT2D eigenvalue weighted by Gasteiger charge is -2.09. The van der Waals surface area contributed by atoms with Gasteiger partial charge < -0.3 is 9.47 Å². The Hall–Kier alpha value is -3.67. The molecule has 27 heavy (non-hydrogen) atoms. The molecule has 0 spiro atoms. The number of nitrogens with one attached hydrogen (secondary N) is 1. The number of methoxy groups -OCH3 is 1.